The SMILES string of the molecule is N#C[C@H]1C[C@@H]1c1ccccc1. The highest BCUT2D eigenvalue weighted by Gasteiger charge is 2.38. The maximum absolute atomic E-state index is 8.59. The molecule has 54 valence electrons. The highest BCUT2D eigenvalue weighted by atomic mass is 14.4. The lowest BCUT2D eigenvalue weighted by atomic mass is 10.1. The highest BCUT2D eigenvalue weighted by molar-refractivity contribution is 5.28. The molecule has 0 amide bonds. The predicted molar refractivity (Wildman–Crippen MR) is 42.9 cm³/mol. The quantitative estimate of drug-likeness (QED) is 0.591. The Bertz CT molecular complexity index is 283. The van der Waals surface area contributed by atoms with Gasteiger partial charge in [0.15, 0.2) is 0 Å². The van der Waals surface area contributed by atoms with Crippen molar-refractivity contribution in [2.75, 3.05) is 0 Å². The van der Waals surface area contributed by atoms with E-state index in [2.05, 4.69) is 18.2 Å². The molecule has 0 unspecified atom stereocenters. The highest BCUT2D eigenvalue weighted by Crippen LogP contribution is 2.46. The zero-order valence-electron chi connectivity index (χ0n) is 6.20. The molecule has 2 rings (SSSR count). The van der Waals surface area contributed by atoms with Crippen molar-refractivity contribution < 1.29 is 0 Å². The van der Waals surface area contributed by atoms with Crippen LogP contribution in [0.15, 0.2) is 30.3 Å². The van der Waals surface area contributed by atoms with Gasteiger partial charge in [-0.2, -0.15) is 5.26 Å². The molecule has 1 saturated carbocycles. The molecule has 1 fully saturated rings. The summed E-state index contributed by atoms with van der Waals surface area (Å²) in [4.78, 5) is 0. The van der Waals surface area contributed by atoms with Gasteiger partial charge >= 0.3 is 0 Å². The first-order valence-electron chi connectivity index (χ1n) is 3.86. The molecule has 1 heteroatoms. The van der Waals surface area contributed by atoms with Crippen molar-refractivity contribution in [1.82, 2.24) is 0 Å². The van der Waals surface area contributed by atoms with E-state index < -0.39 is 0 Å². The average Bonchev–Trinajstić information content (AvgIpc) is 2.85. The largest absolute Gasteiger partial charge is 0.198 e. The third-order valence-corrected chi connectivity index (χ3v) is 2.18. The number of hydrogen-bond acceptors (Lipinski definition) is 1. The molecule has 0 heterocycles. The zero-order chi connectivity index (χ0) is 7.68. The Morgan fingerprint density at radius 1 is 1.27 bits per heavy atom. The third-order valence-electron chi connectivity index (χ3n) is 2.18. The summed E-state index contributed by atoms with van der Waals surface area (Å²) < 4.78 is 0. The van der Waals surface area contributed by atoms with E-state index in [0.29, 0.717) is 5.92 Å². The van der Waals surface area contributed by atoms with Crippen LogP contribution in [0.4, 0.5) is 0 Å². The molecular weight excluding hydrogens is 134 g/mol. The van der Waals surface area contributed by atoms with E-state index in [-0.39, 0.29) is 5.92 Å². The summed E-state index contributed by atoms with van der Waals surface area (Å²) in [5.74, 6) is 0.818. The van der Waals surface area contributed by atoms with Gasteiger partial charge in [0, 0.05) is 5.92 Å². The van der Waals surface area contributed by atoms with Gasteiger partial charge in [-0.15, -0.1) is 0 Å². The van der Waals surface area contributed by atoms with Crippen molar-refractivity contribution in [2.24, 2.45) is 5.92 Å². The molecule has 0 spiro atoms. The lowest BCUT2D eigenvalue weighted by Crippen LogP contribution is -1.78. The molecule has 0 saturated heterocycles. The Balaban J connectivity index is 2.16. The van der Waals surface area contributed by atoms with Crippen LogP contribution in [0, 0.1) is 17.2 Å². The monoisotopic (exact) mass is 143 g/mol. The van der Waals surface area contributed by atoms with E-state index in [1.807, 2.05) is 18.2 Å². The smallest absolute Gasteiger partial charge is 0.0662 e. The standard InChI is InChI=1S/C10H9N/c11-7-9-6-10(9)8-4-2-1-3-5-8/h1-5,9-10H,6H2/t9-,10-/m1/s1. The van der Waals surface area contributed by atoms with E-state index in [4.69, 9.17) is 5.26 Å². The van der Waals surface area contributed by atoms with Crippen LogP contribution in [0.3, 0.4) is 0 Å². The van der Waals surface area contributed by atoms with E-state index in [9.17, 15) is 0 Å². The van der Waals surface area contributed by atoms with E-state index in [1.54, 1.807) is 0 Å². The van der Waals surface area contributed by atoms with Crippen LogP contribution in [0.1, 0.15) is 17.9 Å². The van der Waals surface area contributed by atoms with Gasteiger partial charge in [0.2, 0.25) is 0 Å². The second kappa shape index (κ2) is 2.39. The Labute approximate surface area is 66.3 Å². The van der Waals surface area contributed by atoms with Gasteiger partial charge in [-0.1, -0.05) is 30.3 Å². The van der Waals surface area contributed by atoms with Crippen molar-refractivity contribution in [1.29, 1.82) is 5.26 Å². The Hall–Kier alpha value is -1.29. The number of benzene rings is 1. The van der Waals surface area contributed by atoms with Crippen LogP contribution >= 0.6 is 0 Å². The zero-order valence-corrected chi connectivity index (χ0v) is 6.20. The first-order valence-corrected chi connectivity index (χ1v) is 3.86. The maximum atomic E-state index is 8.59. The van der Waals surface area contributed by atoms with Crippen molar-refractivity contribution in [3.8, 4) is 6.07 Å². The summed E-state index contributed by atoms with van der Waals surface area (Å²) in [5, 5.41) is 8.59. The number of nitrogens with zero attached hydrogens (tertiary/aromatic N) is 1. The van der Waals surface area contributed by atoms with E-state index in [1.165, 1.54) is 5.56 Å². The minimum absolute atomic E-state index is 0.289. The fraction of sp³-hybridized carbons (Fsp3) is 0.300. The van der Waals surface area contributed by atoms with Crippen molar-refractivity contribution >= 4 is 0 Å². The second-order valence-electron chi connectivity index (χ2n) is 2.99. The third kappa shape index (κ3) is 1.12. The predicted octanol–water partition coefficient (Wildman–Crippen LogP) is 2.31. The second-order valence-corrected chi connectivity index (χ2v) is 2.99. The number of hydrogen-bond donors (Lipinski definition) is 0. The number of nitriles is 1. The molecule has 0 bridgehead atoms. The molecule has 1 nitrogen and oxygen atoms in total. The fourth-order valence-electron chi connectivity index (χ4n) is 1.41. The minimum Gasteiger partial charge on any atom is -0.198 e. The van der Waals surface area contributed by atoms with Crippen molar-refractivity contribution in [3.63, 3.8) is 0 Å². The topological polar surface area (TPSA) is 23.8 Å². The van der Waals surface area contributed by atoms with Crippen LogP contribution in [0.2, 0.25) is 0 Å². The van der Waals surface area contributed by atoms with Crippen LogP contribution in [0.5, 0.6) is 0 Å². The van der Waals surface area contributed by atoms with Gasteiger partial charge in [-0.25, -0.2) is 0 Å². The maximum Gasteiger partial charge on any atom is 0.0662 e. The normalized spacial score (nSPS) is 27.5. The van der Waals surface area contributed by atoms with E-state index >= 15 is 0 Å². The first-order chi connectivity index (χ1) is 5.42. The summed E-state index contributed by atoms with van der Waals surface area (Å²) in [6.45, 7) is 0. The molecule has 1 aliphatic carbocycles. The van der Waals surface area contributed by atoms with Gasteiger partial charge in [0.1, 0.15) is 0 Å². The summed E-state index contributed by atoms with van der Waals surface area (Å²) >= 11 is 0. The fourth-order valence-corrected chi connectivity index (χ4v) is 1.41. The molecule has 1 aromatic rings. The summed E-state index contributed by atoms with van der Waals surface area (Å²) in [6, 6.07) is 12.6. The molecular formula is C10H9N. The molecule has 1 aliphatic rings. The van der Waals surface area contributed by atoms with Gasteiger partial charge in [0.05, 0.1) is 12.0 Å². The lowest BCUT2D eigenvalue weighted by molar-refractivity contribution is 1.02. The average molecular weight is 143 g/mol. The van der Waals surface area contributed by atoms with Crippen LogP contribution in [-0.4, -0.2) is 0 Å². The van der Waals surface area contributed by atoms with Gasteiger partial charge in [-0.05, 0) is 12.0 Å². The van der Waals surface area contributed by atoms with Gasteiger partial charge in [-0.3, -0.25) is 0 Å². The van der Waals surface area contributed by atoms with Crippen LogP contribution in [-0.2, 0) is 0 Å². The Kier molecular flexibility index (Phi) is 1.40. The van der Waals surface area contributed by atoms with Crippen molar-refractivity contribution in [2.45, 2.75) is 12.3 Å². The summed E-state index contributed by atoms with van der Waals surface area (Å²) in [5.41, 5.74) is 1.32. The van der Waals surface area contributed by atoms with E-state index in [0.717, 1.165) is 6.42 Å². The van der Waals surface area contributed by atoms with Gasteiger partial charge in [0.25, 0.3) is 0 Å². The molecule has 11 heavy (non-hydrogen) atoms. The van der Waals surface area contributed by atoms with Crippen LogP contribution < -0.4 is 0 Å². The number of rotatable bonds is 1. The molecule has 0 N–H and O–H groups in total. The molecule has 0 radical (unpaired) electrons. The van der Waals surface area contributed by atoms with Crippen molar-refractivity contribution in [3.05, 3.63) is 35.9 Å². The summed E-state index contributed by atoms with van der Waals surface area (Å²) in [6.07, 6.45) is 1.06. The lowest BCUT2D eigenvalue weighted by Gasteiger charge is -1.93. The van der Waals surface area contributed by atoms with Crippen LogP contribution in [0.25, 0.3) is 0 Å². The minimum atomic E-state index is 0.289. The first kappa shape index (κ1) is 6.42. The molecule has 1 aromatic carbocycles. The Morgan fingerprint density at radius 2 is 2.00 bits per heavy atom. The molecule has 2 atom stereocenters. The summed E-state index contributed by atoms with van der Waals surface area (Å²) in [7, 11) is 0. The van der Waals surface area contributed by atoms with Gasteiger partial charge < -0.3 is 0 Å². The molecule has 0 aliphatic heterocycles. The Morgan fingerprint density at radius 3 is 2.55 bits per heavy atom. The molecule has 0 aromatic heterocycles.